The molecule has 1 saturated heterocycles. The summed E-state index contributed by atoms with van der Waals surface area (Å²) in [5, 5.41) is 2.43. The predicted molar refractivity (Wildman–Crippen MR) is 63.6 cm³/mol. The fourth-order valence-electron chi connectivity index (χ4n) is 2.72. The van der Waals surface area contributed by atoms with Gasteiger partial charge in [-0.15, -0.1) is 0 Å². The summed E-state index contributed by atoms with van der Waals surface area (Å²) >= 11 is 0. The van der Waals surface area contributed by atoms with Crippen LogP contribution >= 0.6 is 0 Å². The number of likely N-dealkylation sites (N-methyl/N-ethyl adjacent to an activating group) is 1. The summed E-state index contributed by atoms with van der Waals surface area (Å²) in [4.78, 5) is 2.40. The van der Waals surface area contributed by atoms with Crippen LogP contribution in [0.3, 0.4) is 0 Å². The van der Waals surface area contributed by atoms with E-state index in [0.717, 1.165) is 0 Å². The molecule has 1 aliphatic carbocycles. The van der Waals surface area contributed by atoms with Gasteiger partial charge in [-0.25, -0.2) is 5.01 Å². The normalized spacial score (nSPS) is 33.4. The third-order valence-corrected chi connectivity index (χ3v) is 4.10. The Morgan fingerprint density at radius 2 is 1.80 bits per heavy atom. The molecule has 0 spiro atoms. The van der Waals surface area contributed by atoms with Crippen molar-refractivity contribution in [2.45, 2.75) is 39.2 Å². The molecule has 0 aromatic carbocycles. The molecule has 88 valence electrons. The molecule has 1 unspecified atom stereocenters. The molecular formula is C12H25N3. The Balaban J connectivity index is 1.81. The standard InChI is InChI=1S/C12H25N3/c1-12(2)6-4-5-11(12)13-15-9-7-14(3)8-10-15/h11,13H,4-10H2,1-3H3. The quantitative estimate of drug-likeness (QED) is 0.743. The lowest BCUT2D eigenvalue weighted by molar-refractivity contribution is 0.0646. The summed E-state index contributed by atoms with van der Waals surface area (Å²) in [6, 6.07) is 0.695. The topological polar surface area (TPSA) is 18.5 Å². The van der Waals surface area contributed by atoms with E-state index in [1.807, 2.05) is 0 Å². The number of nitrogens with one attached hydrogen (secondary N) is 1. The van der Waals surface area contributed by atoms with Gasteiger partial charge in [0.25, 0.3) is 0 Å². The van der Waals surface area contributed by atoms with Crippen LogP contribution in [0.15, 0.2) is 0 Å². The van der Waals surface area contributed by atoms with Crippen LogP contribution < -0.4 is 5.43 Å². The maximum Gasteiger partial charge on any atom is 0.0266 e. The van der Waals surface area contributed by atoms with Crippen LogP contribution in [0.2, 0.25) is 0 Å². The molecule has 3 heteroatoms. The lowest BCUT2D eigenvalue weighted by Gasteiger charge is -2.38. The first-order chi connectivity index (χ1) is 7.08. The molecule has 15 heavy (non-hydrogen) atoms. The Hall–Kier alpha value is -0.120. The fourth-order valence-corrected chi connectivity index (χ4v) is 2.72. The average Bonchev–Trinajstić information content (AvgIpc) is 2.50. The minimum absolute atomic E-state index is 0.489. The van der Waals surface area contributed by atoms with Crippen LogP contribution in [-0.2, 0) is 0 Å². The van der Waals surface area contributed by atoms with Crippen LogP contribution in [0.25, 0.3) is 0 Å². The van der Waals surface area contributed by atoms with E-state index in [-0.39, 0.29) is 0 Å². The third-order valence-electron chi connectivity index (χ3n) is 4.10. The van der Waals surface area contributed by atoms with E-state index >= 15 is 0 Å². The molecule has 1 saturated carbocycles. The van der Waals surface area contributed by atoms with Crippen LogP contribution in [0, 0.1) is 5.41 Å². The maximum atomic E-state index is 3.74. The van der Waals surface area contributed by atoms with Gasteiger partial charge < -0.3 is 4.90 Å². The van der Waals surface area contributed by atoms with Gasteiger partial charge >= 0.3 is 0 Å². The molecule has 3 nitrogen and oxygen atoms in total. The minimum Gasteiger partial charge on any atom is -0.304 e. The van der Waals surface area contributed by atoms with Gasteiger partial charge in [0.2, 0.25) is 0 Å². The second-order valence-corrected chi connectivity index (χ2v) is 5.85. The smallest absolute Gasteiger partial charge is 0.0266 e. The van der Waals surface area contributed by atoms with Crippen LogP contribution in [0.1, 0.15) is 33.1 Å². The summed E-state index contributed by atoms with van der Waals surface area (Å²) in [6.45, 7) is 9.52. The van der Waals surface area contributed by atoms with E-state index in [1.54, 1.807) is 0 Å². The Labute approximate surface area is 93.8 Å². The molecule has 1 aliphatic heterocycles. The number of hydrogen-bond acceptors (Lipinski definition) is 3. The molecule has 0 amide bonds. The van der Waals surface area contributed by atoms with Crippen molar-refractivity contribution in [1.29, 1.82) is 0 Å². The van der Waals surface area contributed by atoms with E-state index in [1.165, 1.54) is 45.4 Å². The van der Waals surface area contributed by atoms with Gasteiger partial charge in [-0.1, -0.05) is 20.3 Å². The summed E-state index contributed by atoms with van der Waals surface area (Å²) in [5.74, 6) is 0. The molecule has 2 rings (SSSR count). The first kappa shape index (κ1) is 11.4. The molecular weight excluding hydrogens is 186 g/mol. The van der Waals surface area contributed by atoms with E-state index in [2.05, 4.69) is 36.2 Å². The zero-order valence-corrected chi connectivity index (χ0v) is 10.4. The molecule has 2 fully saturated rings. The van der Waals surface area contributed by atoms with Crippen LogP contribution in [0.4, 0.5) is 0 Å². The molecule has 0 aromatic heterocycles. The highest BCUT2D eigenvalue weighted by molar-refractivity contribution is 4.89. The second-order valence-electron chi connectivity index (χ2n) is 5.85. The van der Waals surface area contributed by atoms with Crippen molar-refractivity contribution >= 4 is 0 Å². The average molecular weight is 211 g/mol. The van der Waals surface area contributed by atoms with Crippen molar-refractivity contribution in [1.82, 2.24) is 15.3 Å². The van der Waals surface area contributed by atoms with Crippen molar-refractivity contribution in [3.63, 3.8) is 0 Å². The van der Waals surface area contributed by atoms with Crippen molar-refractivity contribution in [3.8, 4) is 0 Å². The number of nitrogens with zero attached hydrogens (tertiary/aromatic N) is 2. The van der Waals surface area contributed by atoms with E-state index in [0.29, 0.717) is 11.5 Å². The van der Waals surface area contributed by atoms with E-state index < -0.39 is 0 Å². The van der Waals surface area contributed by atoms with Gasteiger partial charge in [0.05, 0.1) is 0 Å². The van der Waals surface area contributed by atoms with Gasteiger partial charge in [-0.2, -0.15) is 0 Å². The molecule has 1 heterocycles. The molecule has 2 aliphatic rings. The largest absolute Gasteiger partial charge is 0.304 e. The summed E-state index contributed by atoms with van der Waals surface area (Å²) < 4.78 is 0. The lowest BCUT2D eigenvalue weighted by Crippen LogP contribution is -2.55. The first-order valence-corrected chi connectivity index (χ1v) is 6.27. The van der Waals surface area contributed by atoms with Gasteiger partial charge in [0.15, 0.2) is 0 Å². The van der Waals surface area contributed by atoms with Crippen LogP contribution in [0.5, 0.6) is 0 Å². The second kappa shape index (κ2) is 4.40. The van der Waals surface area contributed by atoms with E-state index in [4.69, 9.17) is 0 Å². The van der Waals surface area contributed by atoms with Crippen molar-refractivity contribution < 1.29 is 0 Å². The predicted octanol–water partition coefficient (Wildman–Crippen LogP) is 1.32. The van der Waals surface area contributed by atoms with Crippen LogP contribution in [-0.4, -0.2) is 49.2 Å². The molecule has 0 aromatic rings. The Morgan fingerprint density at radius 3 is 2.33 bits per heavy atom. The monoisotopic (exact) mass is 211 g/mol. The Bertz CT molecular complexity index is 207. The highest BCUT2D eigenvalue weighted by Gasteiger charge is 2.35. The summed E-state index contributed by atoms with van der Waals surface area (Å²) in [6.07, 6.45) is 4.11. The summed E-state index contributed by atoms with van der Waals surface area (Å²) in [7, 11) is 2.21. The van der Waals surface area contributed by atoms with E-state index in [9.17, 15) is 0 Å². The highest BCUT2D eigenvalue weighted by atomic mass is 15.5. The summed E-state index contributed by atoms with van der Waals surface area (Å²) in [5.41, 5.74) is 4.22. The minimum atomic E-state index is 0.489. The fraction of sp³-hybridized carbons (Fsp3) is 1.00. The number of piperazine rings is 1. The lowest BCUT2D eigenvalue weighted by atomic mass is 9.88. The SMILES string of the molecule is CN1CCN(NC2CCCC2(C)C)CC1. The van der Waals surface area contributed by atoms with Gasteiger partial charge in [-0.05, 0) is 25.3 Å². The van der Waals surface area contributed by atoms with Crippen molar-refractivity contribution in [2.75, 3.05) is 33.2 Å². The Morgan fingerprint density at radius 1 is 1.13 bits per heavy atom. The van der Waals surface area contributed by atoms with Crippen molar-refractivity contribution in [2.24, 2.45) is 5.41 Å². The molecule has 1 N–H and O–H groups in total. The molecule has 1 atom stereocenters. The zero-order chi connectivity index (χ0) is 10.9. The maximum absolute atomic E-state index is 3.74. The Kier molecular flexibility index (Phi) is 3.33. The third kappa shape index (κ3) is 2.71. The molecule has 0 bridgehead atoms. The molecule has 0 radical (unpaired) electrons. The van der Waals surface area contributed by atoms with Gasteiger partial charge in [-0.3, -0.25) is 5.43 Å². The number of hydrazine groups is 1. The first-order valence-electron chi connectivity index (χ1n) is 6.27. The van der Waals surface area contributed by atoms with Gasteiger partial charge in [0.1, 0.15) is 0 Å². The number of hydrogen-bond donors (Lipinski definition) is 1. The highest BCUT2D eigenvalue weighted by Crippen LogP contribution is 2.37. The van der Waals surface area contributed by atoms with Crippen molar-refractivity contribution in [3.05, 3.63) is 0 Å². The number of rotatable bonds is 2. The zero-order valence-electron chi connectivity index (χ0n) is 10.4. The van der Waals surface area contributed by atoms with Gasteiger partial charge in [0, 0.05) is 32.2 Å².